The first-order valence-electron chi connectivity index (χ1n) is 20.2. The molecule has 61 heavy (non-hydrogen) atoms. The zero-order valence-corrected chi connectivity index (χ0v) is 34.4. The Labute approximate surface area is 356 Å². The largest absolute Gasteiger partial charge is 0.278 e. The van der Waals surface area contributed by atoms with E-state index in [2.05, 4.69) is 145 Å². The number of aliphatic imine (C=N–C) groups is 3. The zero-order valence-electron chi connectivity index (χ0n) is 34.4. The van der Waals surface area contributed by atoms with Crippen LogP contribution in [0, 0.1) is 0 Å². The number of fused-ring (bicyclic) bond motifs is 3. The molecule has 0 amide bonds. The summed E-state index contributed by atoms with van der Waals surface area (Å²) in [6.45, 7) is 19.0. The molecule has 1 aliphatic heterocycles. The van der Waals surface area contributed by atoms with Gasteiger partial charge in [-0.3, -0.25) is 14.9 Å². The van der Waals surface area contributed by atoms with Crippen LogP contribution in [0.15, 0.2) is 210 Å². The predicted octanol–water partition coefficient (Wildman–Crippen LogP) is 13.0. The van der Waals surface area contributed by atoms with E-state index in [0.717, 1.165) is 67.3 Å². The van der Waals surface area contributed by atoms with Crippen LogP contribution in [0.3, 0.4) is 0 Å². The second-order valence-electron chi connectivity index (χ2n) is 15.4. The van der Waals surface area contributed by atoms with Crippen molar-refractivity contribution in [2.45, 2.75) is 26.2 Å². The van der Waals surface area contributed by atoms with Crippen LogP contribution >= 0.6 is 0 Å². The molecular formula is C54H43N7. The fraction of sp³-hybridized carbons (Fsp3) is 0.0741. The van der Waals surface area contributed by atoms with Crippen molar-refractivity contribution in [3.05, 3.63) is 217 Å². The van der Waals surface area contributed by atoms with Gasteiger partial charge < -0.3 is 0 Å². The molecule has 0 saturated heterocycles. The Bertz CT molecular complexity index is 3030. The van der Waals surface area contributed by atoms with Gasteiger partial charge in [0.1, 0.15) is 17.3 Å². The molecule has 0 fully saturated rings. The van der Waals surface area contributed by atoms with Crippen molar-refractivity contribution in [3.63, 3.8) is 0 Å². The number of allylic oxidation sites excluding steroid dienone is 2. The minimum Gasteiger partial charge on any atom is -0.278 e. The van der Waals surface area contributed by atoms with Gasteiger partial charge in [0, 0.05) is 29.6 Å². The van der Waals surface area contributed by atoms with Gasteiger partial charge in [-0.1, -0.05) is 130 Å². The summed E-state index contributed by atoms with van der Waals surface area (Å²) in [4.78, 5) is 30.2. The molecule has 5 aromatic carbocycles. The van der Waals surface area contributed by atoms with Crippen LogP contribution in [0.4, 0.5) is 11.5 Å². The first-order chi connectivity index (χ1) is 29.8. The van der Waals surface area contributed by atoms with Gasteiger partial charge in [-0.05, 0) is 117 Å². The summed E-state index contributed by atoms with van der Waals surface area (Å²) in [5, 5.41) is 4.65. The summed E-state index contributed by atoms with van der Waals surface area (Å²) in [6.07, 6.45) is 7.20. The van der Waals surface area contributed by atoms with Crippen LogP contribution < -0.4 is 4.90 Å². The minimum atomic E-state index is -0.418. The molecule has 8 aromatic rings. The highest BCUT2D eigenvalue weighted by Crippen LogP contribution is 2.51. The summed E-state index contributed by atoms with van der Waals surface area (Å²) in [5.74, 6) is 1.97. The summed E-state index contributed by atoms with van der Waals surface area (Å²) in [5.41, 5.74) is 10.9. The van der Waals surface area contributed by atoms with E-state index in [1.165, 1.54) is 21.9 Å². The van der Waals surface area contributed by atoms with Crippen LogP contribution in [-0.4, -0.2) is 33.2 Å². The average Bonchev–Trinajstić information content (AvgIpc) is 3.31. The van der Waals surface area contributed by atoms with Crippen LogP contribution in [0.2, 0.25) is 0 Å². The summed E-state index contributed by atoms with van der Waals surface area (Å²) >= 11 is 0. The molecule has 7 nitrogen and oxygen atoms in total. The molecule has 7 heteroatoms. The average molecular weight is 790 g/mol. The Kier molecular flexibility index (Phi) is 10.2. The molecule has 0 spiro atoms. The van der Waals surface area contributed by atoms with Crippen molar-refractivity contribution in [3.8, 4) is 22.3 Å². The number of amidine groups is 1. The molecular weight excluding hydrogens is 747 g/mol. The molecule has 0 N–H and O–H groups in total. The molecule has 1 aliphatic rings. The van der Waals surface area contributed by atoms with Crippen LogP contribution in [0.1, 0.15) is 43.3 Å². The third-order valence-corrected chi connectivity index (χ3v) is 11.4. The van der Waals surface area contributed by atoms with Crippen LogP contribution in [0.5, 0.6) is 0 Å². The molecule has 0 atom stereocenters. The highest BCUT2D eigenvalue weighted by molar-refractivity contribution is 6.21. The number of rotatable bonds is 9. The number of nitrogens with zero attached hydrogens (tertiary/aromatic N) is 7. The molecule has 0 radical (unpaired) electrons. The van der Waals surface area contributed by atoms with Gasteiger partial charge in [0.2, 0.25) is 0 Å². The zero-order chi connectivity index (χ0) is 42.1. The van der Waals surface area contributed by atoms with Crippen molar-refractivity contribution < 1.29 is 0 Å². The first-order valence-corrected chi connectivity index (χ1v) is 20.2. The number of anilines is 2. The van der Waals surface area contributed by atoms with E-state index >= 15 is 0 Å². The maximum absolute atomic E-state index is 4.93. The molecule has 0 unspecified atom stereocenters. The first kappa shape index (κ1) is 38.6. The SMILES string of the molecule is C=CC1=C(N=C)N(c2ccccn2)c2ccc(-c3c4ccccc4c(-c4ccc(C(=C)N=C(N=C(C)c5ccccn5)c5ccccn5)cc4)c4ccccc34)cc2C1(C)C. The lowest BCUT2D eigenvalue weighted by Gasteiger charge is -2.41. The van der Waals surface area contributed by atoms with Gasteiger partial charge in [-0.15, -0.1) is 0 Å². The highest BCUT2D eigenvalue weighted by atomic mass is 15.3. The van der Waals surface area contributed by atoms with E-state index in [9.17, 15) is 0 Å². The van der Waals surface area contributed by atoms with Gasteiger partial charge in [0.15, 0.2) is 5.84 Å². The molecule has 9 rings (SSSR count). The van der Waals surface area contributed by atoms with Gasteiger partial charge in [-0.2, -0.15) is 0 Å². The van der Waals surface area contributed by atoms with Crippen molar-refractivity contribution in [1.82, 2.24) is 15.0 Å². The number of pyridine rings is 3. The van der Waals surface area contributed by atoms with E-state index in [4.69, 9.17) is 15.0 Å². The number of aromatic nitrogens is 3. The van der Waals surface area contributed by atoms with Gasteiger partial charge in [-0.25, -0.2) is 20.0 Å². The van der Waals surface area contributed by atoms with E-state index in [1.807, 2.05) is 67.6 Å². The standard InChI is InChI=1S/C54H43N7/c1-7-44-53(55-6)61(49-24-14-17-33-58-49)48-30-29-39(34-45(48)54(44,4)5)51-42-20-10-8-18-40(42)50(41-19-9-11-21-43(41)51)38-27-25-37(26-28-38)35(2)59-52(47-23-13-16-32-57-47)60-36(3)46-22-12-15-31-56-46/h7-34H,1-2,6H2,3-5H3. The van der Waals surface area contributed by atoms with Crippen molar-refractivity contribution >= 4 is 57.0 Å². The maximum Gasteiger partial charge on any atom is 0.178 e. The molecule has 4 heterocycles. The Morgan fingerprint density at radius 1 is 0.623 bits per heavy atom. The van der Waals surface area contributed by atoms with E-state index in [1.54, 1.807) is 18.6 Å². The fourth-order valence-corrected chi connectivity index (χ4v) is 8.47. The number of hydrogen-bond acceptors (Lipinski definition) is 6. The Morgan fingerprint density at radius 2 is 1.16 bits per heavy atom. The van der Waals surface area contributed by atoms with Crippen molar-refractivity contribution in [2.24, 2.45) is 15.0 Å². The summed E-state index contributed by atoms with van der Waals surface area (Å²) < 4.78 is 0. The highest BCUT2D eigenvalue weighted by Gasteiger charge is 2.38. The van der Waals surface area contributed by atoms with Gasteiger partial charge in [0.25, 0.3) is 0 Å². The normalized spacial score (nSPS) is 13.9. The molecule has 3 aromatic heterocycles. The Morgan fingerprint density at radius 3 is 1.70 bits per heavy atom. The third kappa shape index (κ3) is 6.96. The predicted molar refractivity (Wildman–Crippen MR) is 255 cm³/mol. The number of hydrogen-bond donors (Lipinski definition) is 0. The van der Waals surface area contributed by atoms with Crippen molar-refractivity contribution in [2.75, 3.05) is 4.90 Å². The number of benzene rings is 5. The monoisotopic (exact) mass is 789 g/mol. The fourth-order valence-electron chi connectivity index (χ4n) is 8.47. The summed E-state index contributed by atoms with van der Waals surface area (Å²) in [6, 6.07) is 50.0. The van der Waals surface area contributed by atoms with E-state index in [-0.39, 0.29) is 0 Å². The topological polar surface area (TPSA) is 79.0 Å². The van der Waals surface area contributed by atoms with E-state index < -0.39 is 5.41 Å². The van der Waals surface area contributed by atoms with Gasteiger partial charge >= 0.3 is 0 Å². The lowest BCUT2D eigenvalue weighted by Crippen LogP contribution is -2.33. The van der Waals surface area contributed by atoms with Crippen molar-refractivity contribution in [1.29, 1.82) is 0 Å². The third-order valence-electron chi connectivity index (χ3n) is 11.4. The Hall–Kier alpha value is -7.90. The molecule has 294 valence electrons. The minimum absolute atomic E-state index is 0.418. The smallest absolute Gasteiger partial charge is 0.178 e. The Balaban J connectivity index is 1.15. The lowest BCUT2D eigenvalue weighted by molar-refractivity contribution is 0.616. The molecule has 0 bridgehead atoms. The maximum atomic E-state index is 4.93. The van der Waals surface area contributed by atoms with Crippen LogP contribution in [-0.2, 0) is 5.41 Å². The second-order valence-corrected chi connectivity index (χ2v) is 15.4. The quantitative estimate of drug-likeness (QED) is 0.0829. The lowest BCUT2D eigenvalue weighted by atomic mass is 9.73. The second kappa shape index (κ2) is 16.0. The van der Waals surface area contributed by atoms with Gasteiger partial charge in [0.05, 0.1) is 22.8 Å². The van der Waals surface area contributed by atoms with E-state index in [0.29, 0.717) is 17.2 Å². The molecule has 0 saturated carbocycles. The summed E-state index contributed by atoms with van der Waals surface area (Å²) in [7, 11) is 0. The van der Waals surface area contributed by atoms with Crippen LogP contribution in [0.25, 0.3) is 49.5 Å². The molecule has 0 aliphatic carbocycles.